The molecule has 3 aromatic rings. The molecule has 1 atom stereocenters. The standard InChI is InChI=1S/C18H22N6O2/c1-13-8-19-18(20-9-13)25-12-17-4-6-24-16(3-5-21-24)11-23(17)10-15-7-14(2)26-22-15/h3,5,7-9,17H,4,6,10-12H2,1-2H3/t17-/m1/s1. The zero-order chi connectivity index (χ0) is 17.9. The summed E-state index contributed by atoms with van der Waals surface area (Å²) < 4.78 is 13.1. The molecule has 0 aromatic carbocycles. The Labute approximate surface area is 151 Å². The van der Waals surface area contributed by atoms with Crippen LogP contribution in [0.2, 0.25) is 0 Å². The number of aromatic nitrogens is 5. The predicted octanol–water partition coefficient (Wildman–Crippen LogP) is 2.13. The number of fused-ring (bicyclic) bond motifs is 1. The average molecular weight is 354 g/mol. The second kappa shape index (κ2) is 7.25. The van der Waals surface area contributed by atoms with Gasteiger partial charge in [-0.25, -0.2) is 9.97 Å². The summed E-state index contributed by atoms with van der Waals surface area (Å²) in [6.45, 7) is 6.73. The van der Waals surface area contributed by atoms with Gasteiger partial charge in [-0.05, 0) is 31.9 Å². The molecule has 0 saturated heterocycles. The summed E-state index contributed by atoms with van der Waals surface area (Å²) in [4.78, 5) is 10.8. The molecule has 0 N–H and O–H groups in total. The molecule has 0 unspecified atom stereocenters. The van der Waals surface area contributed by atoms with Crippen LogP contribution in [0, 0.1) is 13.8 Å². The van der Waals surface area contributed by atoms with Crippen molar-refractivity contribution in [2.45, 2.75) is 45.9 Å². The summed E-state index contributed by atoms with van der Waals surface area (Å²) in [6.07, 6.45) is 6.31. The first kappa shape index (κ1) is 16.7. The molecule has 26 heavy (non-hydrogen) atoms. The number of ether oxygens (including phenoxy) is 1. The van der Waals surface area contributed by atoms with Crippen molar-refractivity contribution in [2.75, 3.05) is 6.61 Å². The van der Waals surface area contributed by atoms with E-state index < -0.39 is 0 Å². The third-order valence-electron chi connectivity index (χ3n) is 4.56. The number of nitrogens with zero attached hydrogens (tertiary/aromatic N) is 6. The van der Waals surface area contributed by atoms with E-state index >= 15 is 0 Å². The third kappa shape index (κ3) is 3.75. The summed E-state index contributed by atoms with van der Waals surface area (Å²) in [5.74, 6) is 0.820. The Hall–Kier alpha value is -2.74. The van der Waals surface area contributed by atoms with Gasteiger partial charge in [0.2, 0.25) is 0 Å². The van der Waals surface area contributed by atoms with Gasteiger partial charge < -0.3 is 9.26 Å². The fraction of sp³-hybridized carbons (Fsp3) is 0.444. The van der Waals surface area contributed by atoms with E-state index in [0.717, 1.165) is 36.5 Å². The first-order chi connectivity index (χ1) is 12.7. The van der Waals surface area contributed by atoms with Crippen LogP contribution in [0.25, 0.3) is 0 Å². The van der Waals surface area contributed by atoms with Crippen molar-refractivity contribution in [3.8, 4) is 6.01 Å². The molecule has 1 aliphatic rings. The van der Waals surface area contributed by atoms with Gasteiger partial charge in [0.05, 0.1) is 11.4 Å². The molecule has 0 bridgehead atoms. The third-order valence-corrected chi connectivity index (χ3v) is 4.56. The van der Waals surface area contributed by atoms with E-state index in [1.54, 1.807) is 12.4 Å². The van der Waals surface area contributed by atoms with Crippen LogP contribution in [0.3, 0.4) is 0 Å². The molecule has 1 aliphatic heterocycles. The average Bonchev–Trinajstić information content (AvgIpc) is 3.21. The maximum absolute atomic E-state index is 5.87. The fourth-order valence-corrected chi connectivity index (χ4v) is 3.19. The van der Waals surface area contributed by atoms with Gasteiger partial charge in [-0.2, -0.15) is 5.10 Å². The minimum atomic E-state index is 0.207. The smallest absolute Gasteiger partial charge is 0.316 e. The summed E-state index contributed by atoms with van der Waals surface area (Å²) in [7, 11) is 0. The van der Waals surface area contributed by atoms with E-state index in [4.69, 9.17) is 9.26 Å². The Morgan fingerprint density at radius 1 is 1.27 bits per heavy atom. The lowest BCUT2D eigenvalue weighted by molar-refractivity contribution is 0.111. The second-order valence-electron chi connectivity index (χ2n) is 6.68. The molecule has 0 aliphatic carbocycles. The van der Waals surface area contributed by atoms with E-state index in [-0.39, 0.29) is 6.04 Å². The molecular weight excluding hydrogens is 332 g/mol. The van der Waals surface area contributed by atoms with Crippen LogP contribution in [0.5, 0.6) is 6.01 Å². The Bertz CT molecular complexity index is 857. The number of aryl methyl sites for hydroxylation is 3. The summed E-state index contributed by atoms with van der Waals surface area (Å²) in [6, 6.07) is 4.66. The topological polar surface area (TPSA) is 82.1 Å². The molecule has 0 radical (unpaired) electrons. The Balaban J connectivity index is 1.49. The van der Waals surface area contributed by atoms with Crippen molar-refractivity contribution in [1.82, 2.24) is 29.8 Å². The van der Waals surface area contributed by atoms with Crippen molar-refractivity contribution in [3.05, 3.63) is 53.4 Å². The van der Waals surface area contributed by atoms with Crippen LogP contribution in [0.4, 0.5) is 0 Å². The van der Waals surface area contributed by atoms with Crippen molar-refractivity contribution in [1.29, 1.82) is 0 Å². The Kier molecular flexibility index (Phi) is 4.66. The second-order valence-corrected chi connectivity index (χ2v) is 6.68. The normalized spacial score (nSPS) is 17.7. The highest BCUT2D eigenvalue weighted by Crippen LogP contribution is 2.20. The van der Waals surface area contributed by atoms with Crippen molar-refractivity contribution >= 4 is 0 Å². The van der Waals surface area contributed by atoms with Gasteiger partial charge >= 0.3 is 6.01 Å². The van der Waals surface area contributed by atoms with E-state index in [9.17, 15) is 0 Å². The molecule has 8 heteroatoms. The monoisotopic (exact) mass is 354 g/mol. The van der Waals surface area contributed by atoms with E-state index in [1.807, 2.05) is 26.1 Å². The van der Waals surface area contributed by atoms with Crippen LogP contribution < -0.4 is 4.74 Å². The summed E-state index contributed by atoms with van der Waals surface area (Å²) in [5, 5.41) is 8.56. The molecule has 0 saturated carbocycles. The molecule has 0 fully saturated rings. The Morgan fingerprint density at radius 3 is 2.88 bits per heavy atom. The van der Waals surface area contributed by atoms with Crippen LogP contribution >= 0.6 is 0 Å². The van der Waals surface area contributed by atoms with Gasteiger partial charge in [-0.1, -0.05) is 5.16 Å². The fourth-order valence-electron chi connectivity index (χ4n) is 3.19. The molecular formula is C18H22N6O2. The number of hydrogen-bond acceptors (Lipinski definition) is 7. The Morgan fingerprint density at radius 2 is 2.12 bits per heavy atom. The maximum Gasteiger partial charge on any atom is 0.316 e. The largest absolute Gasteiger partial charge is 0.462 e. The van der Waals surface area contributed by atoms with Crippen LogP contribution in [0.15, 0.2) is 35.2 Å². The number of rotatable bonds is 5. The van der Waals surface area contributed by atoms with E-state index in [1.165, 1.54) is 5.69 Å². The first-order valence-electron chi connectivity index (χ1n) is 8.76. The highest BCUT2D eigenvalue weighted by molar-refractivity contribution is 5.08. The molecule has 0 spiro atoms. The van der Waals surface area contributed by atoms with E-state index in [0.29, 0.717) is 19.2 Å². The summed E-state index contributed by atoms with van der Waals surface area (Å²) in [5.41, 5.74) is 3.13. The molecule has 4 rings (SSSR count). The van der Waals surface area contributed by atoms with E-state index in [2.05, 4.69) is 35.9 Å². The lowest BCUT2D eigenvalue weighted by Crippen LogP contribution is -2.38. The maximum atomic E-state index is 5.87. The van der Waals surface area contributed by atoms with Gasteiger partial charge in [0.25, 0.3) is 0 Å². The highest BCUT2D eigenvalue weighted by Gasteiger charge is 2.26. The van der Waals surface area contributed by atoms with Crippen LogP contribution in [-0.4, -0.2) is 42.5 Å². The van der Waals surface area contributed by atoms with Gasteiger partial charge in [0.15, 0.2) is 0 Å². The zero-order valence-electron chi connectivity index (χ0n) is 15.0. The number of hydrogen-bond donors (Lipinski definition) is 0. The first-order valence-corrected chi connectivity index (χ1v) is 8.76. The molecule has 136 valence electrons. The highest BCUT2D eigenvalue weighted by atomic mass is 16.5. The van der Waals surface area contributed by atoms with Crippen LogP contribution in [0.1, 0.15) is 29.1 Å². The lowest BCUT2D eigenvalue weighted by Gasteiger charge is -2.28. The quantitative estimate of drug-likeness (QED) is 0.694. The molecule has 8 nitrogen and oxygen atoms in total. The van der Waals surface area contributed by atoms with Gasteiger partial charge in [-0.3, -0.25) is 9.58 Å². The van der Waals surface area contributed by atoms with Crippen molar-refractivity contribution in [3.63, 3.8) is 0 Å². The minimum absolute atomic E-state index is 0.207. The van der Waals surface area contributed by atoms with Crippen LogP contribution in [-0.2, 0) is 19.6 Å². The minimum Gasteiger partial charge on any atom is -0.462 e. The van der Waals surface area contributed by atoms with Gasteiger partial charge in [-0.15, -0.1) is 0 Å². The molecule has 3 aromatic heterocycles. The SMILES string of the molecule is Cc1cnc(OC[C@H]2CCn3nccc3CN2Cc2cc(C)on2)nc1. The summed E-state index contributed by atoms with van der Waals surface area (Å²) >= 11 is 0. The van der Waals surface area contributed by atoms with Crippen molar-refractivity contribution < 1.29 is 9.26 Å². The molecule has 4 heterocycles. The lowest BCUT2D eigenvalue weighted by atomic mass is 10.1. The van der Waals surface area contributed by atoms with Gasteiger partial charge in [0, 0.05) is 50.3 Å². The van der Waals surface area contributed by atoms with Gasteiger partial charge in [0.1, 0.15) is 12.4 Å². The zero-order valence-corrected chi connectivity index (χ0v) is 15.0. The predicted molar refractivity (Wildman–Crippen MR) is 93.4 cm³/mol. The molecule has 0 amide bonds. The van der Waals surface area contributed by atoms with Crippen molar-refractivity contribution in [2.24, 2.45) is 0 Å².